The van der Waals surface area contributed by atoms with Gasteiger partial charge in [-0.1, -0.05) is 13.8 Å². The second-order valence-corrected chi connectivity index (χ2v) is 8.58. The monoisotopic (exact) mass is 368 g/mol. The molecule has 2 rings (SSSR count). The summed E-state index contributed by atoms with van der Waals surface area (Å²) in [7, 11) is -2.24. The number of likely N-dealkylation sites (tertiary alicyclic amines) is 1. The third-order valence-corrected chi connectivity index (χ3v) is 5.83. The van der Waals surface area contributed by atoms with Crippen molar-refractivity contribution in [3.05, 3.63) is 24.3 Å². The fourth-order valence-corrected chi connectivity index (χ4v) is 4.22. The van der Waals surface area contributed by atoms with Crippen molar-refractivity contribution in [3.63, 3.8) is 0 Å². The summed E-state index contributed by atoms with van der Waals surface area (Å²) in [6.45, 7) is 5.38. The molecular weight excluding hydrogens is 340 g/mol. The molecule has 1 amide bonds. The number of ether oxygens (including phenoxy) is 1. The average molecular weight is 368 g/mol. The Balaban J connectivity index is 2.17. The fraction of sp³-hybridized carbons (Fsp3) is 0.611. The molecule has 0 bridgehead atoms. The van der Waals surface area contributed by atoms with Gasteiger partial charge in [0.15, 0.2) is 0 Å². The van der Waals surface area contributed by atoms with Crippen molar-refractivity contribution in [2.75, 3.05) is 20.2 Å². The largest absolute Gasteiger partial charge is 0.497 e. The van der Waals surface area contributed by atoms with Gasteiger partial charge in [0, 0.05) is 13.1 Å². The molecule has 0 radical (unpaired) electrons. The number of nitrogens with zero attached hydrogens (tertiary/aromatic N) is 1. The van der Waals surface area contributed by atoms with E-state index in [0.717, 1.165) is 19.3 Å². The molecule has 1 fully saturated rings. The van der Waals surface area contributed by atoms with E-state index in [9.17, 15) is 13.2 Å². The number of methoxy groups -OCH3 is 1. The number of nitrogens with one attached hydrogen (secondary N) is 1. The fourth-order valence-electron chi connectivity index (χ4n) is 3.02. The van der Waals surface area contributed by atoms with Crippen LogP contribution in [0.2, 0.25) is 0 Å². The van der Waals surface area contributed by atoms with Gasteiger partial charge in [-0.05, 0) is 55.9 Å². The van der Waals surface area contributed by atoms with Crippen molar-refractivity contribution in [1.82, 2.24) is 9.62 Å². The molecular formula is C18H28N2O4S. The summed E-state index contributed by atoms with van der Waals surface area (Å²) in [6, 6.07) is 5.43. The quantitative estimate of drug-likeness (QED) is 0.802. The van der Waals surface area contributed by atoms with Crippen LogP contribution in [0.1, 0.15) is 39.5 Å². The Morgan fingerprint density at radius 1 is 1.16 bits per heavy atom. The predicted molar refractivity (Wildman–Crippen MR) is 97.0 cm³/mol. The summed E-state index contributed by atoms with van der Waals surface area (Å²) in [4.78, 5) is 14.7. The van der Waals surface area contributed by atoms with Crippen LogP contribution in [-0.4, -0.2) is 45.5 Å². The Bertz CT molecular complexity index is 665. The van der Waals surface area contributed by atoms with Crippen LogP contribution in [0.15, 0.2) is 29.2 Å². The molecule has 25 heavy (non-hydrogen) atoms. The number of rotatable bonds is 7. The maximum Gasteiger partial charge on any atom is 0.241 e. The molecule has 0 unspecified atom stereocenters. The molecule has 1 aliphatic rings. The molecule has 1 atom stereocenters. The van der Waals surface area contributed by atoms with Gasteiger partial charge in [0.05, 0.1) is 12.0 Å². The van der Waals surface area contributed by atoms with Crippen LogP contribution in [0.4, 0.5) is 0 Å². The summed E-state index contributed by atoms with van der Waals surface area (Å²) in [5.74, 6) is 0.671. The van der Waals surface area contributed by atoms with Crippen molar-refractivity contribution in [2.45, 2.75) is 50.5 Å². The number of carbonyl (C=O) groups excluding carboxylic acids is 1. The zero-order valence-electron chi connectivity index (χ0n) is 15.2. The van der Waals surface area contributed by atoms with Gasteiger partial charge < -0.3 is 9.64 Å². The van der Waals surface area contributed by atoms with Gasteiger partial charge in [-0.15, -0.1) is 0 Å². The highest BCUT2D eigenvalue weighted by molar-refractivity contribution is 7.89. The normalized spacial score (nSPS) is 16.7. The summed E-state index contributed by atoms with van der Waals surface area (Å²) in [6.07, 6.45) is 3.55. The summed E-state index contributed by atoms with van der Waals surface area (Å²) in [5, 5.41) is 0. The number of carbonyl (C=O) groups is 1. The molecule has 140 valence electrons. The number of piperidine rings is 1. The van der Waals surface area contributed by atoms with Crippen molar-refractivity contribution < 1.29 is 17.9 Å². The molecule has 1 aliphatic heterocycles. The van der Waals surface area contributed by atoms with Crippen molar-refractivity contribution in [2.24, 2.45) is 5.92 Å². The minimum Gasteiger partial charge on any atom is -0.497 e. The summed E-state index contributed by atoms with van der Waals surface area (Å²) < 4.78 is 33.0. The van der Waals surface area contributed by atoms with Crippen molar-refractivity contribution in [1.29, 1.82) is 0 Å². The van der Waals surface area contributed by atoms with Crippen LogP contribution in [0.5, 0.6) is 5.75 Å². The minimum absolute atomic E-state index is 0.120. The average Bonchev–Trinajstić information content (AvgIpc) is 2.60. The number of hydrogen-bond donors (Lipinski definition) is 1. The number of sulfonamides is 1. The van der Waals surface area contributed by atoms with Crippen LogP contribution in [0.3, 0.4) is 0 Å². The zero-order chi connectivity index (χ0) is 18.4. The summed E-state index contributed by atoms with van der Waals surface area (Å²) in [5.41, 5.74) is 0. The van der Waals surface area contributed by atoms with Gasteiger partial charge in [-0.25, -0.2) is 8.42 Å². The molecule has 1 saturated heterocycles. The molecule has 1 aromatic carbocycles. The van der Waals surface area contributed by atoms with E-state index < -0.39 is 16.1 Å². The van der Waals surface area contributed by atoms with Gasteiger partial charge in [0.1, 0.15) is 11.8 Å². The molecule has 1 heterocycles. The van der Waals surface area contributed by atoms with E-state index in [4.69, 9.17) is 4.74 Å². The highest BCUT2D eigenvalue weighted by Crippen LogP contribution is 2.18. The molecule has 0 saturated carbocycles. The van der Waals surface area contributed by atoms with E-state index in [0.29, 0.717) is 25.3 Å². The molecule has 0 aliphatic carbocycles. The van der Waals surface area contributed by atoms with Gasteiger partial charge in [-0.2, -0.15) is 4.72 Å². The van der Waals surface area contributed by atoms with Crippen LogP contribution in [-0.2, 0) is 14.8 Å². The Hall–Kier alpha value is -1.60. The van der Waals surface area contributed by atoms with E-state index in [2.05, 4.69) is 4.72 Å². The highest BCUT2D eigenvalue weighted by Gasteiger charge is 2.30. The minimum atomic E-state index is -3.77. The summed E-state index contributed by atoms with van der Waals surface area (Å²) >= 11 is 0. The van der Waals surface area contributed by atoms with Crippen molar-refractivity contribution >= 4 is 15.9 Å². The first-order valence-corrected chi connectivity index (χ1v) is 10.3. The second-order valence-electron chi connectivity index (χ2n) is 6.86. The Kier molecular flexibility index (Phi) is 6.84. The van der Waals surface area contributed by atoms with Gasteiger partial charge in [0.2, 0.25) is 15.9 Å². The lowest BCUT2D eigenvalue weighted by molar-refractivity contribution is -0.134. The van der Waals surface area contributed by atoms with Crippen LogP contribution >= 0.6 is 0 Å². The van der Waals surface area contributed by atoms with E-state index >= 15 is 0 Å². The molecule has 0 spiro atoms. The standard InChI is InChI=1S/C18H28N2O4S/c1-14(2)13-17(18(21)20-11-5-4-6-12-20)19-25(22,23)16-9-7-15(24-3)8-10-16/h7-10,14,17,19H,4-6,11-13H2,1-3H3/t17-/m0/s1. The van der Waals surface area contributed by atoms with Gasteiger partial charge in [0.25, 0.3) is 0 Å². The third kappa shape index (κ3) is 5.44. The first-order chi connectivity index (χ1) is 11.8. The topological polar surface area (TPSA) is 75.7 Å². The number of amides is 1. The molecule has 0 aromatic heterocycles. The van der Waals surface area contributed by atoms with Gasteiger partial charge >= 0.3 is 0 Å². The van der Waals surface area contributed by atoms with Crippen molar-refractivity contribution in [3.8, 4) is 5.75 Å². The lowest BCUT2D eigenvalue weighted by atomic mass is 10.0. The van der Waals surface area contributed by atoms with E-state index in [1.54, 1.807) is 17.0 Å². The molecule has 6 nitrogen and oxygen atoms in total. The van der Waals surface area contributed by atoms with Crippen LogP contribution in [0.25, 0.3) is 0 Å². The predicted octanol–water partition coefficient (Wildman–Crippen LogP) is 2.40. The first-order valence-electron chi connectivity index (χ1n) is 8.78. The maximum atomic E-state index is 12.8. The maximum absolute atomic E-state index is 12.8. The van der Waals surface area contributed by atoms with E-state index in [-0.39, 0.29) is 16.7 Å². The van der Waals surface area contributed by atoms with Gasteiger partial charge in [-0.3, -0.25) is 4.79 Å². The van der Waals surface area contributed by atoms with Crippen LogP contribution in [0, 0.1) is 5.92 Å². The molecule has 7 heteroatoms. The lowest BCUT2D eigenvalue weighted by Crippen LogP contribution is -2.50. The van der Waals surface area contributed by atoms with Crippen LogP contribution < -0.4 is 9.46 Å². The Labute approximate surface area is 150 Å². The third-order valence-electron chi connectivity index (χ3n) is 4.34. The molecule has 1 aromatic rings. The number of hydrogen-bond acceptors (Lipinski definition) is 4. The van der Waals surface area contributed by atoms with E-state index in [1.165, 1.54) is 19.2 Å². The SMILES string of the molecule is COc1ccc(S(=O)(=O)N[C@@H](CC(C)C)C(=O)N2CCCCC2)cc1. The zero-order valence-corrected chi connectivity index (χ0v) is 16.0. The lowest BCUT2D eigenvalue weighted by Gasteiger charge is -2.31. The van der Waals surface area contributed by atoms with E-state index in [1.807, 2.05) is 13.8 Å². The number of benzene rings is 1. The Morgan fingerprint density at radius 3 is 2.28 bits per heavy atom. The molecule has 1 N–H and O–H groups in total. The highest BCUT2D eigenvalue weighted by atomic mass is 32.2. The first kappa shape index (κ1) is 19.7. The smallest absolute Gasteiger partial charge is 0.241 e. The Morgan fingerprint density at radius 2 is 1.76 bits per heavy atom. The second kappa shape index (κ2) is 8.67.